The molecule has 0 unspecified atom stereocenters. The molecule has 0 bridgehead atoms. The molecule has 2 aromatic rings. The Morgan fingerprint density at radius 3 is 3.00 bits per heavy atom. The summed E-state index contributed by atoms with van der Waals surface area (Å²) >= 11 is 5.76. The standard InChI is InChI=1S/C13H11ClN2O4/c14-8-3-4-10(9(5-8)13(17)18)19-6-11-15-12(16-20-11)7-1-2-7/h3-5,7H,1-2,6H2,(H,17,18). The number of nitrogens with zero attached hydrogens (tertiary/aromatic N) is 2. The summed E-state index contributed by atoms with van der Waals surface area (Å²) in [5, 5.41) is 13.3. The first-order valence-electron chi connectivity index (χ1n) is 6.11. The van der Waals surface area contributed by atoms with E-state index in [4.69, 9.17) is 26.0 Å². The summed E-state index contributed by atoms with van der Waals surface area (Å²) in [6.07, 6.45) is 2.17. The van der Waals surface area contributed by atoms with Crippen LogP contribution in [0.25, 0.3) is 0 Å². The maximum atomic E-state index is 11.1. The normalized spacial score (nSPS) is 14.2. The first kappa shape index (κ1) is 12.9. The van der Waals surface area contributed by atoms with Crippen LogP contribution in [0.5, 0.6) is 5.75 Å². The number of rotatable bonds is 5. The van der Waals surface area contributed by atoms with Gasteiger partial charge in [0.15, 0.2) is 12.4 Å². The number of ether oxygens (including phenoxy) is 1. The van der Waals surface area contributed by atoms with Gasteiger partial charge >= 0.3 is 5.97 Å². The summed E-state index contributed by atoms with van der Waals surface area (Å²) in [6, 6.07) is 4.40. The number of hydrogen-bond acceptors (Lipinski definition) is 5. The van der Waals surface area contributed by atoms with Gasteiger partial charge in [0, 0.05) is 10.9 Å². The Labute approximate surface area is 119 Å². The molecule has 1 saturated carbocycles. The van der Waals surface area contributed by atoms with Crippen molar-refractivity contribution in [2.24, 2.45) is 0 Å². The highest BCUT2D eigenvalue weighted by atomic mass is 35.5. The first-order chi connectivity index (χ1) is 9.63. The van der Waals surface area contributed by atoms with Crippen LogP contribution in [0, 0.1) is 0 Å². The molecule has 0 saturated heterocycles. The molecular weight excluding hydrogens is 284 g/mol. The maximum absolute atomic E-state index is 11.1. The summed E-state index contributed by atoms with van der Waals surface area (Å²) in [4.78, 5) is 15.3. The van der Waals surface area contributed by atoms with Crippen molar-refractivity contribution in [1.29, 1.82) is 0 Å². The van der Waals surface area contributed by atoms with Crippen molar-refractivity contribution in [2.45, 2.75) is 25.4 Å². The van der Waals surface area contributed by atoms with Crippen molar-refractivity contribution in [3.8, 4) is 5.75 Å². The van der Waals surface area contributed by atoms with Crippen LogP contribution < -0.4 is 4.74 Å². The molecule has 7 heteroatoms. The predicted octanol–water partition coefficient (Wildman–Crippen LogP) is 2.88. The summed E-state index contributed by atoms with van der Waals surface area (Å²) in [6.45, 7) is 0.0294. The number of carboxylic acids is 1. The molecule has 20 heavy (non-hydrogen) atoms. The molecule has 6 nitrogen and oxygen atoms in total. The van der Waals surface area contributed by atoms with Gasteiger partial charge < -0.3 is 14.4 Å². The number of aromatic carboxylic acids is 1. The third kappa shape index (κ3) is 2.75. The minimum atomic E-state index is -1.10. The van der Waals surface area contributed by atoms with Crippen LogP contribution in [0.4, 0.5) is 0 Å². The van der Waals surface area contributed by atoms with Crippen molar-refractivity contribution in [3.05, 3.63) is 40.5 Å². The second-order valence-electron chi connectivity index (χ2n) is 4.55. The molecule has 1 N–H and O–H groups in total. The van der Waals surface area contributed by atoms with Crippen LogP contribution >= 0.6 is 11.6 Å². The predicted molar refractivity (Wildman–Crippen MR) is 69.0 cm³/mol. The zero-order valence-electron chi connectivity index (χ0n) is 10.4. The van der Waals surface area contributed by atoms with Gasteiger partial charge in [0.05, 0.1) is 0 Å². The first-order valence-corrected chi connectivity index (χ1v) is 6.49. The van der Waals surface area contributed by atoms with Gasteiger partial charge in [0.2, 0.25) is 0 Å². The molecule has 1 aromatic heterocycles. The minimum Gasteiger partial charge on any atom is -0.483 e. The highest BCUT2D eigenvalue weighted by Gasteiger charge is 2.28. The number of hydrogen-bond donors (Lipinski definition) is 1. The third-order valence-electron chi connectivity index (χ3n) is 2.95. The van der Waals surface area contributed by atoms with Gasteiger partial charge in [0.1, 0.15) is 11.3 Å². The van der Waals surface area contributed by atoms with Gasteiger partial charge in [0.25, 0.3) is 5.89 Å². The lowest BCUT2D eigenvalue weighted by Crippen LogP contribution is -2.03. The lowest BCUT2D eigenvalue weighted by atomic mass is 10.2. The Morgan fingerprint density at radius 1 is 1.50 bits per heavy atom. The van der Waals surface area contributed by atoms with Crippen LogP contribution in [0.2, 0.25) is 5.02 Å². The average molecular weight is 295 g/mol. The van der Waals surface area contributed by atoms with E-state index >= 15 is 0 Å². The van der Waals surface area contributed by atoms with E-state index in [1.165, 1.54) is 12.1 Å². The van der Waals surface area contributed by atoms with Crippen molar-refractivity contribution >= 4 is 17.6 Å². The van der Waals surface area contributed by atoms with E-state index in [0.717, 1.165) is 12.8 Å². The second-order valence-corrected chi connectivity index (χ2v) is 4.99. The lowest BCUT2D eigenvalue weighted by molar-refractivity contribution is 0.0691. The van der Waals surface area contributed by atoms with Gasteiger partial charge in [-0.2, -0.15) is 4.98 Å². The van der Waals surface area contributed by atoms with E-state index in [1.807, 2.05) is 0 Å². The number of aromatic nitrogens is 2. The summed E-state index contributed by atoms with van der Waals surface area (Å²) in [7, 11) is 0. The van der Waals surface area contributed by atoms with Gasteiger partial charge in [-0.05, 0) is 31.0 Å². The van der Waals surface area contributed by atoms with E-state index in [1.54, 1.807) is 6.07 Å². The fourth-order valence-electron chi connectivity index (χ4n) is 1.77. The Kier molecular flexibility index (Phi) is 3.31. The Bertz CT molecular complexity index is 652. The molecular formula is C13H11ClN2O4. The number of halogens is 1. The van der Waals surface area contributed by atoms with Crippen LogP contribution in [-0.2, 0) is 6.61 Å². The Hall–Kier alpha value is -2.08. The third-order valence-corrected chi connectivity index (χ3v) is 3.18. The van der Waals surface area contributed by atoms with Crippen LogP contribution in [0.1, 0.15) is 40.8 Å². The van der Waals surface area contributed by atoms with Gasteiger partial charge in [-0.3, -0.25) is 0 Å². The fraction of sp³-hybridized carbons (Fsp3) is 0.308. The van der Waals surface area contributed by atoms with E-state index in [9.17, 15) is 4.79 Å². The van der Waals surface area contributed by atoms with Gasteiger partial charge in [-0.15, -0.1) is 0 Å². The molecule has 0 spiro atoms. The SMILES string of the molecule is O=C(O)c1cc(Cl)ccc1OCc1nc(C2CC2)no1. The van der Waals surface area contributed by atoms with Crippen molar-refractivity contribution in [2.75, 3.05) is 0 Å². The number of carboxylic acid groups (broad SMARTS) is 1. The topological polar surface area (TPSA) is 85.5 Å². The smallest absolute Gasteiger partial charge is 0.339 e. The minimum absolute atomic E-state index is 0.000526. The molecule has 0 aliphatic heterocycles. The van der Waals surface area contributed by atoms with Crippen molar-refractivity contribution < 1.29 is 19.2 Å². The fourth-order valence-corrected chi connectivity index (χ4v) is 1.94. The number of benzene rings is 1. The van der Waals surface area contributed by atoms with Crippen molar-refractivity contribution in [1.82, 2.24) is 10.1 Å². The van der Waals surface area contributed by atoms with Crippen LogP contribution in [0.3, 0.4) is 0 Å². The van der Waals surface area contributed by atoms with E-state index in [2.05, 4.69) is 10.1 Å². The Balaban J connectivity index is 1.72. The monoisotopic (exact) mass is 294 g/mol. The lowest BCUT2D eigenvalue weighted by Gasteiger charge is -2.07. The quantitative estimate of drug-likeness (QED) is 0.912. The average Bonchev–Trinajstić information content (AvgIpc) is 3.17. The highest BCUT2D eigenvalue weighted by Crippen LogP contribution is 2.38. The van der Waals surface area contributed by atoms with Gasteiger partial charge in [-0.1, -0.05) is 16.8 Å². The second kappa shape index (κ2) is 5.13. The van der Waals surface area contributed by atoms with Crippen LogP contribution in [-0.4, -0.2) is 21.2 Å². The Morgan fingerprint density at radius 2 is 2.30 bits per heavy atom. The maximum Gasteiger partial charge on any atom is 0.339 e. The molecule has 1 fully saturated rings. The van der Waals surface area contributed by atoms with E-state index in [-0.39, 0.29) is 17.9 Å². The molecule has 0 atom stereocenters. The molecule has 1 aliphatic carbocycles. The van der Waals surface area contributed by atoms with Gasteiger partial charge in [-0.25, -0.2) is 4.79 Å². The summed E-state index contributed by atoms with van der Waals surface area (Å²) in [5.74, 6) is 0.536. The van der Waals surface area contributed by atoms with E-state index < -0.39 is 5.97 Å². The van der Waals surface area contributed by atoms with Crippen molar-refractivity contribution in [3.63, 3.8) is 0 Å². The molecule has 0 radical (unpaired) electrons. The summed E-state index contributed by atoms with van der Waals surface area (Å²) in [5.41, 5.74) is -0.000526. The molecule has 1 aliphatic rings. The zero-order valence-corrected chi connectivity index (χ0v) is 11.1. The molecule has 0 amide bonds. The number of carbonyl (C=O) groups is 1. The zero-order chi connectivity index (χ0) is 14.1. The molecule has 1 heterocycles. The summed E-state index contributed by atoms with van der Waals surface area (Å²) < 4.78 is 10.5. The highest BCUT2D eigenvalue weighted by molar-refractivity contribution is 6.31. The molecule has 1 aromatic carbocycles. The largest absolute Gasteiger partial charge is 0.483 e. The van der Waals surface area contributed by atoms with Crippen LogP contribution in [0.15, 0.2) is 22.7 Å². The molecule has 104 valence electrons. The molecule has 3 rings (SSSR count). The van der Waals surface area contributed by atoms with E-state index in [0.29, 0.717) is 22.7 Å².